The predicted octanol–water partition coefficient (Wildman–Crippen LogP) is 5.37. The molecule has 0 saturated carbocycles. The highest BCUT2D eigenvalue weighted by Gasteiger charge is 2.22. The molecule has 7 heteroatoms. The van der Waals surface area contributed by atoms with Gasteiger partial charge in [0.1, 0.15) is 5.69 Å². The van der Waals surface area contributed by atoms with E-state index in [0.29, 0.717) is 10.7 Å². The maximum Gasteiger partial charge on any atom is 0.261 e. The van der Waals surface area contributed by atoms with Crippen molar-refractivity contribution < 1.29 is 13.2 Å². The highest BCUT2D eigenvalue weighted by Crippen LogP contribution is 2.27. The molecular formula is C23H23ClN2O3S. The molecular weight excluding hydrogens is 420 g/mol. The number of carbonyl (C=O) groups is 1. The lowest BCUT2D eigenvalue weighted by Crippen LogP contribution is -2.17. The van der Waals surface area contributed by atoms with E-state index in [0.717, 1.165) is 5.56 Å². The summed E-state index contributed by atoms with van der Waals surface area (Å²) in [5, 5.41) is 0.323. The van der Waals surface area contributed by atoms with E-state index in [4.69, 9.17) is 11.6 Å². The number of hydrogen-bond acceptors (Lipinski definition) is 4. The summed E-state index contributed by atoms with van der Waals surface area (Å²) in [6.45, 7) is 7.94. The highest BCUT2D eigenvalue weighted by molar-refractivity contribution is 7.92. The Morgan fingerprint density at radius 3 is 2.27 bits per heavy atom. The van der Waals surface area contributed by atoms with Crippen molar-refractivity contribution in [2.75, 3.05) is 4.72 Å². The maximum atomic E-state index is 13.0. The third kappa shape index (κ3) is 4.89. The van der Waals surface area contributed by atoms with Gasteiger partial charge in [0.15, 0.2) is 0 Å². The Morgan fingerprint density at radius 1 is 1.00 bits per heavy atom. The molecule has 0 amide bonds. The van der Waals surface area contributed by atoms with Crippen LogP contribution < -0.4 is 4.72 Å². The molecule has 0 radical (unpaired) electrons. The molecule has 2 aromatic carbocycles. The van der Waals surface area contributed by atoms with E-state index in [1.807, 2.05) is 0 Å². The molecule has 3 rings (SSSR count). The van der Waals surface area contributed by atoms with Crippen molar-refractivity contribution in [3.63, 3.8) is 0 Å². The molecule has 1 heterocycles. The molecule has 0 aliphatic carbocycles. The van der Waals surface area contributed by atoms with Crippen LogP contribution in [0.3, 0.4) is 0 Å². The number of anilines is 1. The number of sulfonamides is 1. The van der Waals surface area contributed by atoms with E-state index in [1.54, 1.807) is 49.4 Å². The van der Waals surface area contributed by atoms with E-state index in [9.17, 15) is 13.2 Å². The van der Waals surface area contributed by atoms with Gasteiger partial charge in [-0.25, -0.2) is 13.4 Å². The number of hydrogen-bond donors (Lipinski definition) is 1. The average molecular weight is 443 g/mol. The van der Waals surface area contributed by atoms with Crippen LogP contribution in [0.2, 0.25) is 5.02 Å². The summed E-state index contributed by atoms with van der Waals surface area (Å²) >= 11 is 6.08. The van der Waals surface area contributed by atoms with E-state index in [2.05, 4.69) is 30.5 Å². The van der Waals surface area contributed by atoms with Crippen LogP contribution in [0.1, 0.15) is 48.1 Å². The number of aromatic nitrogens is 1. The first-order valence-corrected chi connectivity index (χ1v) is 11.2. The maximum absolute atomic E-state index is 13.0. The Labute approximate surface area is 182 Å². The monoisotopic (exact) mass is 442 g/mol. The van der Waals surface area contributed by atoms with Crippen LogP contribution >= 0.6 is 11.6 Å². The first kappa shape index (κ1) is 22.0. The van der Waals surface area contributed by atoms with E-state index in [-0.39, 0.29) is 27.3 Å². The number of nitrogens with zero attached hydrogens (tertiary/aromatic N) is 1. The summed E-state index contributed by atoms with van der Waals surface area (Å²) in [6.07, 6.45) is 0. The second-order valence-corrected chi connectivity index (χ2v) is 10.2. The van der Waals surface area contributed by atoms with Crippen LogP contribution in [0.15, 0.2) is 65.6 Å². The molecule has 30 heavy (non-hydrogen) atoms. The number of nitrogens with one attached hydrogen (secondary N) is 1. The van der Waals surface area contributed by atoms with Gasteiger partial charge in [-0.3, -0.25) is 9.52 Å². The van der Waals surface area contributed by atoms with Gasteiger partial charge in [0, 0.05) is 16.3 Å². The Balaban J connectivity index is 1.97. The standard InChI is InChI=1S/C23H23ClN2O3S/c1-15-6-5-7-21(25-15)22(27)19-14-17(24)10-13-20(19)26-30(28,29)18-11-8-16(9-12-18)23(2,3)4/h5-14,26H,1-4H3. The third-order valence-corrected chi connectivity index (χ3v) is 6.24. The van der Waals surface area contributed by atoms with E-state index in [1.165, 1.54) is 18.2 Å². The SMILES string of the molecule is Cc1cccc(C(=O)c2cc(Cl)ccc2NS(=O)(=O)c2ccc(C(C)(C)C)cc2)n1. The molecule has 3 aromatic rings. The number of carbonyl (C=O) groups excluding carboxylic acids is 1. The summed E-state index contributed by atoms with van der Waals surface area (Å²) in [5.41, 5.74) is 2.11. The lowest BCUT2D eigenvalue weighted by molar-refractivity contribution is 0.103. The zero-order chi connectivity index (χ0) is 22.1. The van der Waals surface area contributed by atoms with Gasteiger partial charge in [0.2, 0.25) is 5.78 Å². The van der Waals surface area contributed by atoms with Gasteiger partial charge < -0.3 is 0 Å². The largest absolute Gasteiger partial charge is 0.287 e. The van der Waals surface area contributed by atoms with E-state index >= 15 is 0 Å². The van der Waals surface area contributed by atoms with Crippen molar-refractivity contribution in [2.24, 2.45) is 0 Å². The normalized spacial score (nSPS) is 11.9. The Morgan fingerprint density at radius 2 is 1.67 bits per heavy atom. The van der Waals surface area contributed by atoms with Crippen LogP contribution in [-0.2, 0) is 15.4 Å². The minimum Gasteiger partial charge on any atom is -0.287 e. The van der Waals surface area contributed by atoms with Gasteiger partial charge in [0.25, 0.3) is 10.0 Å². The van der Waals surface area contributed by atoms with Gasteiger partial charge in [0.05, 0.1) is 10.6 Å². The number of rotatable bonds is 5. The Kier molecular flexibility index (Phi) is 6.01. The van der Waals surface area contributed by atoms with E-state index < -0.39 is 15.8 Å². The van der Waals surface area contributed by atoms with Crippen molar-refractivity contribution in [2.45, 2.75) is 38.0 Å². The second-order valence-electron chi connectivity index (χ2n) is 8.06. The van der Waals surface area contributed by atoms with Crippen molar-refractivity contribution in [3.8, 4) is 0 Å². The number of benzene rings is 2. The number of pyridine rings is 1. The number of halogens is 1. The van der Waals surface area contributed by atoms with Crippen molar-refractivity contribution in [3.05, 3.63) is 88.2 Å². The van der Waals surface area contributed by atoms with Crippen molar-refractivity contribution in [1.82, 2.24) is 4.98 Å². The molecule has 0 aliphatic heterocycles. The quantitative estimate of drug-likeness (QED) is 0.538. The smallest absolute Gasteiger partial charge is 0.261 e. The lowest BCUT2D eigenvalue weighted by Gasteiger charge is -2.19. The zero-order valence-electron chi connectivity index (χ0n) is 17.2. The number of ketones is 1. The highest BCUT2D eigenvalue weighted by atomic mass is 35.5. The minimum atomic E-state index is -3.90. The molecule has 156 valence electrons. The summed E-state index contributed by atoms with van der Waals surface area (Å²) in [5.74, 6) is -0.415. The van der Waals surface area contributed by atoms with Crippen LogP contribution in [0.5, 0.6) is 0 Å². The molecule has 0 saturated heterocycles. The van der Waals surface area contributed by atoms with Gasteiger partial charge in [-0.05, 0) is 60.4 Å². The van der Waals surface area contributed by atoms with Crippen LogP contribution in [-0.4, -0.2) is 19.2 Å². The molecule has 0 spiro atoms. The molecule has 0 atom stereocenters. The van der Waals surface area contributed by atoms with Crippen LogP contribution in [0, 0.1) is 6.92 Å². The summed E-state index contributed by atoms with van der Waals surface area (Å²) in [6, 6.07) is 16.2. The zero-order valence-corrected chi connectivity index (χ0v) is 18.8. The van der Waals surface area contributed by atoms with Gasteiger partial charge in [-0.2, -0.15) is 0 Å². The first-order chi connectivity index (χ1) is 14.0. The minimum absolute atomic E-state index is 0.0910. The average Bonchev–Trinajstić information content (AvgIpc) is 2.68. The van der Waals surface area contributed by atoms with Gasteiger partial charge in [-0.15, -0.1) is 0 Å². The van der Waals surface area contributed by atoms with Crippen molar-refractivity contribution in [1.29, 1.82) is 0 Å². The fourth-order valence-electron chi connectivity index (χ4n) is 2.94. The second kappa shape index (κ2) is 8.20. The Bertz CT molecular complexity index is 1200. The molecule has 1 aromatic heterocycles. The lowest BCUT2D eigenvalue weighted by atomic mass is 9.87. The first-order valence-electron chi connectivity index (χ1n) is 9.39. The summed E-state index contributed by atoms with van der Waals surface area (Å²) in [7, 11) is -3.90. The third-order valence-electron chi connectivity index (χ3n) is 4.62. The van der Waals surface area contributed by atoms with Crippen LogP contribution in [0.25, 0.3) is 0 Å². The van der Waals surface area contributed by atoms with Gasteiger partial charge in [-0.1, -0.05) is 50.6 Å². The fourth-order valence-corrected chi connectivity index (χ4v) is 4.19. The molecule has 0 fully saturated rings. The molecule has 0 aliphatic rings. The predicted molar refractivity (Wildman–Crippen MR) is 120 cm³/mol. The molecule has 0 bridgehead atoms. The molecule has 0 unspecified atom stereocenters. The summed E-state index contributed by atoms with van der Waals surface area (Å²) in [4.78, 5) is 17.3. The summed E-state index contributed by atoms with van der Waals surface area (Å²) < 4.78 is 28.4. The topological polar surface area (TPSA) is 76.1 Å². The number of aryl methyl sites for hydroxylation is 1. The van der Waals surface area contributed by atoms with Crippen molar-refractivity contribution >= 4 is 33.1 Å². The molecule has 5 nitrogen and oxygen atoms in total. The van der Waals surface area contributed by atoms with Crippen LogP contribution in [0.4, 0.5) is 5.69 Å². The fraction of sp³-hybridized carbons (Fsp3) is 0.217. The van der Waals surface area contributed by atoms with Gasteiger partial charge >= 0.3 is 0 Å². The molecule has 1 N–H and O–H groups in total. The Hall–Kier alpha value is -2.70.